The van der Waals surface area contributed by atoms with Crippen molar-refractivity contribution in [3.63, 3.8) is 0 Å². The topological polar surface area (TPSA) is 55.1 Å². The van der Waals surface area contributed by atoms with E-state index < -0.39 is 6.04 Å². The molecule has 0 fully saturated rings. The smallest absolute Gasteiger partial charge is 0.237 e. The van der Waals surface area contributed by atoms with Crippen molar-refractivity contribution in [1.29, 1.82) is 0 Å². The van der Waals surface area contributed by atoms with E-state index in [1.165, 1.54) is 24.8 Å². The first-order valence-electron chi connectivity index (χ1n) is 6.12. The van der Waals surface area contributed by atoms with Crippen molar-refractivity contribution in [2.45, 2.75) is 52.5 Å². The van der Waals surface area contributed by atoms with Gasteiger partial charge in [0.1, 0.15) is 0 Å². The highest BCUT2D eigenvalue weighted by Gasteiger charge is 2.26. The van der Waals surface area contributed by atoms with Crippen LogP contribution in [0.3, 0.4) is 0 Å². The number of nitrogens with one attached hydrogen (secondary N) is 1. The molecule has 0 heterocycles. The molecule has 92 valence electrons. The van der Waals surface area contributed by atoms with Crippen LogP contribution in [-0.2, 0) is 4.79 Å². The number of rotatable bonds is 4. The number of allylic oxidation sites excluding steroid dienone is 1. The lowest BCUT2D eigenvalue weighted by Crippen LogP contribution is -2.48. The molecule has 1 aliphatic carbocycles. The molecule has 0 aromatic rings. The van der Waals surface area contributed by atoms with Crippen LogP contribution in [0.25, 0.3) is 0 Å². The summed E-state index contributed by atoms with van der Waals surface area (Å²) in [6.07, 6.45) is 6.93. The van der Waals surface area contributed by atoms with Crippen LogP contribution in [0.4, 0.5) is 0 Å². The number of amides is 1. The molecule has 1 atom stereocenters. The van der Waals surface area contributed by atoms with Crippen molar-refractivity contribution < 1.29 is 4.79 Å². The van der Waals surface area contributed by atoms with Crippen molar-refractivity contribution in [2.75, 3.05) is 6.54 Å². The van der Waals surface area contributed by atoms with Crippen molar-refractivity contribution in [2.24, 2.45) is 11.1 Å². The van der Waals surface area contributed by atoms with E-state index in [0.717, 1.165) is 6.42 Å². The lowest BCUT2D eigenvalue weighted by atomic mass is 9.87. The van der Waals surface area contributed by atoms with E-state index in [1.54, 1.807) is 0 Å². The van der Waals surface area contributed by atoms with E-state index in [4.69, 9.17) is 5.73 Å². The van der Waals surface area contributed by atoms with Gasteiger partial charge in [0.2, 0.25) is 5.91 Å². The molecule has 0 radical (unpaired) electrons. The Morgan fingerprint density at radius 2 is 2.25 bits per heavy atom. The van der Waals surface area contributed by atoms with Crippen LogP contribution in [0.1, 0.15) is 46.5 Å². The highest BCUT2D eigenvalue weighted by atomic mass is 16.2. The zero-order valence-corrected chi connectivity index (χ0v) is 10.7. The summed E-state index contributed by atoms with van der Waals surface area (Å²) in [4.78, 5) is 11.7. The fourth-order valence-electron chi connectivity index (χ4n) is 1.81. The standard InChI is InChI=1S/C13H24N2O/c1-13(2,3)11(14)12(16)15-9-8-10-6-4-5-7-10/h6,11H,4-5,7-9,14H2,1-3H3,(H,15,16)/t11-/m0/s1. The second kappa shape index (κ2) is 5.48. The molecular weight excluding hydrogens is 200 g/mol. The van der Waals surface area contributed by atoms with Crippen LogP contribution in [0.5, 0.6) is 0 Å². The molecule has 0 saturated carbocycles. The van der Waals surface area contributed by atoms with Gasteiger partial charge in [-0.15, -0.1) is 0 Å². The zero-order valence-electron chi connectivity index (χ0n) is 10.7. The van der Waals surface area contributed by atoms with Gasteiger partial charge < -0.3 is 11.1 Å². The third-order valence-corrected chi connectivity index (χ3v) is 3.10. The minimum absolute atomic E-state index is 0.0360. The molecule has 16 heavy (non-hydrogen) atoms. The van der Waals surface area contributed by atoms with E-state index in [9.17, 15) is 4.79 Å². The molecule has 3 N–H and O–H groups in total. The van der Waals surface area contributed by atoms with Gasteiger partial charge in [-0.3, -0.25) is 4.79 Å². The molecule has 0 saturated heterocycles. The van der Waals surface area contributed by atoms with E-state index in [1.807, 2.05) is 20.8 Å². The van der Waals surface area contributed by atoms with E-state index in [0.29, 0.717) is 6.54 Å². The fraction of sp³-hybridized carbons (Fsp3) is 0.769. The molecule has 3 nitrogen and oxygen atoms in total. The monoisotopic (exact) mass is 224 g/mol. The third-order valence-electron chi connectivity index (χ3n) is 3.10. The second-order valence-corrected chi connectivity index (χ2v) is 5.64. The Balaban J connectivity index is 2.24. The van der Waals surface area contributed by atoms with E-state index >= 15 is 0 Å². The van der Waals surface area contributed by atoms with Crippen molar-refractivity contribution in [3.05, 3.63) is 11.6 Å². The Kier molecular flexibility index (Phi) is 4.54. The van der Waals surface area contributed by atoms with Crippen LogP contribution in [-0.4, -0.2) is 18.5 Å². The Morgan fingerprint density at radius 3 is 2.75 bits per heavy atom. The maximum absolute atomic E-state index is 11.7. The minimum Gasteiger partial charge on any atom is -0.354 e. The Bertz CT molecular complexity index is 276. The first kappa shape index (κ1) is 13.2. The summed E-state index contributed by atoms with van der Waals surface area (Å²) in [6.45, 7) is 6.67. The zero-order chi connectivity index (χ0) is 12.2. The fourth-order valence-corrected chi connectivity index (χ4v) is 1.81. The van der Waals surface area contributed by atoms with Crippen LogP contribution in [0.15, 0.2) is 11.6 Å². The van der Waals surface area contributed by atoms with E-state index in [-0.39, 0.29) is 11.3 Å². The second-order valence-electron chi connectivity index (χ2n) is 5.64. The maximum Gasteiger partial charge on any atom is 0.237 e. The predicted octanol–water partition coefficient (Wildman–Crippen LogP) is 1.98. The summed E-state index contributed by atoms with van der Waals surface area (Å²) in [5.74, 6) is -0.0360. The third kappa shape index (κ3) is 3.97. The number of carbonyl (C=O) groups excluding carboxylic acids is 1. The van der Waals surface area contributed by atoms with E-state index in [2.05, 4.69) is 11.4 Å². The highest BCUT2D eigenvalue weighted by Crippen LogP contribution is 2.20. The van der Waals surface area contributed by atoms with Gasteiger partial charge in [-0.2, -0.15) is 0 Å². The molecule has 0 bridgehead atoms. The number of hydrogen-bond donors (Lipinski definition) is 2. The lowest BCUT2D eigenvalue weighted by molar-refractivity contribution is -0.124. The van der Waals surface area contributed by atoms with Gasteiger partial charge in [0.25, 0.3) is 0 Å². The van der Waals surface area contributed by atoms with Crippen LogP contribution >= 0.6 is 0 Å². The quantitative estimate of drug-likeness (QED) is 0.717. The van der Waals surface area contributed by atoms with Crippen LogP contribution < -0.4 is 11.1 Å². The Morgan fingerprint density at radius 1 is 1.56 bits per heavy atom. The molecule has 1 rings (SSSR count). The van der Waals surface area contributed by atoms with Gasteiger partial charge in [0.05, 0.1) is 6.04 Å². The first-order valence-corrected chi connectivity index (χ1v) is 6.12. The van der Waals surface area contributed by atoms with Gasteiger partial charge in [-0.1, -0.05) is 32.4 Å². The van der Waals surface area contributed by atoms with Crippen LogP contribution in [0.2, 0.25) is 0 Å². The molecule has 0 aromatic heterocycles. The molecule has 3 heteroatoms. The summed E-state index contributed by atoms with van der Waals surface area (Å²) >= 11 is 0. The highest BCUT2D eigenvalue weighted by molar-refractivity contribution is 5.82. The largest absolute Gasteiger partial charge is 0.354 e. The SMILES string of the molecule is CC(C)(C)[C@@H](N)C(=O)NCCC1=CCCC1. The summed E-state index contributed by atoms with van der Waals surface area (Å²) < 4.78 is 0. The van der Waals surface area contributed by atoms with Crippen LogP contribution in [0, 0.1) is 5.41 Å². The van der Waals surface area contributed by atoms with Gasteiger partial charge in [-0.05, 0) is 31.1 Å². The maximum atomic E-state index is 11.7. The molecule has 1 aliphatic rings. The molecule has 0 aliphatic heterocycles. The minimum atomic E-state index is -0.426. The van der Waals surface area contributed by atoms with Crippen molar-refractivity contribution in [3.8, 4) is 0 Å². The summed E-state index contributed by atoms with van der Waals surface area (Å²) in [6, 6.07) is -0.426. The Hall–Kier alpha value is -0.830. The van der Waals surface area contributed by atoms with Gasteiger partial charge in [0, 0.05) is 6.54 Å². The molecule has 1 amide bonds. The summed E-state index contributed by atoms with van der Waals surface area (Å²) in [5.41, 5.74) is 7.17. The molecule has 0 aromatic carbocycles. The lowest BCUT2D eigenvalue weighted by Gasteiger charge is -2.25. The van der Waals surface area contributed by atoms with Crippen molar-refractivity contribution >= 4 is 5.91 Å². The van der Waals surface area contributed by atoms with Gasteiger partial charge in [-0.25, -0.2) is 0 Å². The number of hydrogen-bond acceptors (Lipinski definition) is 2. The Labute approximate surface area is 98.5 Å². The summed E-state index contributed by atoms with van der Waals surface area (Å²) in [7, 11) is 0. The molecule has 0 spiro atoms. The average Bonchev–Trinajstić information content (AvgIpc) is 2.67. The molecule has 0 unspecified atom stereocenters. The normalized spacial score (nSPS) is 18.1. The van der Waals surface area contributed by atoms with Crippen molar-refractivity contribution in [1.82, 2.24) is 5.32 Å². The molecular formula is C13H24N2O. The average molecular weight is 224 g/mol. The first-order chi connectivity index (χ1) is 7.41. The number of nitrogens with two attached hydrogens (primary N) is 1. The number of carbonyl (C=O) groups is 1. The van der Waals surface area contributed by atoms with Gasteiger partial charge in [0.15, 0.2) is 0 Å². The van der Waals surface area contributed by atoms with Gasteiger partial charge >= 0.3 is 0 Å². The summed E-state index contributed by atoms with van der Waals surface area (Å²) in [5, 5.41) is 2.91. The predicted molar refractivity (Wildman–Crippen MR) is 67.0 cm³/mol.